The number of nitrogens with zero attached hydrogens (tertiary/aromatic N) is 1. The number of nitrogens with one attached hydrogen (secondary N) is 1. The van der Waals surface area contributed by atoms with Crippen LogP contribution in [0.2, 0.25) is 5.02 Å². The number of halogens is 1. The molecule has 5 heteroatoms. The molecule has 3 rings (SSSR count). The molecule has 0 aliphatic heterocycles. The molecule has 0 unspecified atom stereocenters. The second-order valence-corrected chi connectivity index (χ2v) is 6.41. The van der Waals surface area contributed by atoms with Crippen LogP contribution in [0.25, 0.3) is 5.69 Å². The highest BCUT2D eigenvalue weighted by molar-refractivity contribution is 6.30. The number of carbonyl (C=O) groups excluding carboxylic acids is 1. The SMILES string of the molecule is COc1ccc(-n2cccc2CC(=O)NCCc2ccc(Cl)cc2)cc1. The van der Waals surface area contributed by atoms with E-state index in [0.29, 0.717) is 13.0 Å². The fourth-order valence-corrected chi connectivity index (χ4v) is 2.91. The Hall–Kier alpha value is -2.72. The summed E-state index contributed by atoms with van der Waals surface area (Å²) in [5.74, 6) is 0.815. The van der Waals surface area contributed by atoms with Crippen LogP contribution in [0.4, 0.5) is 0 Å². The van der Waals surface area contributed by atoms with Crippen LogP contribution in [-0.4, -0.2) is 24.1 Å². The van der Waals surface area contributed by atoms with Gasteiger partial charge < -0.3 is 14.6 Å². The van der Waals surface area contributed by atoms with E-state index in [0.717, 1.165) is 34.1 Å². The molecule has 0 atom stereocenters. The summed E-state index contributed by atoms with van der Waals surface area (Å²) in [6, 6.07) is 19.3. The van der Waals surface area contributed by atoms with Crippen molar-refractivity contribution in [3.63, 3.8) is 0 Å². The van der Waals surface area contributed by atoms with E-state index in [1.165, 1.54) is 0 Å². The van der Waals surface area contributed by atoms with Crippen molar-refractivity contribution in [2.75, 3.05) is 13.7 Å². The molecule has 0 saturated heterocycles. The summed E-state index contributed by atoms with van der Waals surface area (Å²) in [6.07, 6.45) is 3.07. The Labute approximate surface area is 158 Å². The molecule has 0 bridgehead atoms. The molecule has 0 fully saturated rings. The Balaban J connectivity index is 1.56. The van der Waals surface area contributed by atoms with Crippen molar-refractivity contribution in [1.29, 1.82) is 0 Å². The quantitative estimate of drug-likeness (QED) is 0.684. The molecule has 26 heavy (non-hydrogen) atoms. The first kappa shape index (κ1) is 18.1. The van der Waals surface area contributed by atoms with Crippen molar-refractivity contribution in [2.24, 2.45) is 0 Å². The normalized spacial score (nSPS) is 10.5. The molecule has 0 spiro atoms. The van der Waals surface area contributed by atoms with E-state index < -0.39 is 0 Å². The van der Waals surface area contributed by atoms with Crippen LogP contribution in [-0.2, 0) is 17.6 Å². The summed E-state index contributed by atoms with van der Waals surface area (Å²) in [7, 11) is 1.64. The molecule has 0 aliphatic carbocycles. The van der Waals surface area contributed by atoms with Crippen LogP contribution in [0.3, 0.4) is 0 Å². The molecule has 0 aliphatic rings. The van der Waals surface area contributed by atoms with E-state index in [1.54, 1.807) is 7.11 Å². The van der Waals surface area contributed by atoms with Crippen molar-refractivity contribution in [3.8, 4) is 11.4 Å². The van der Waals surface area contributed by atoms with Crippen LogP contribution in [0.5, 0.6) is 5.75 Å². The standard InChI is InChI=1S/C21H21ClN2O2/c1-26-20-10-8-18(9-11-20)24-14-2-3-19(24)15-21(25)23-13-12-16-4-6-17(22)7-5-16/h2-11,14H,12-13,15H2,1H3,(H,23,25). The van der Waals surface area contributed by atoms with Gasteiger partial charge in [0.15, 0.2) is 0 Å². The number of methoxy groups -OCH3 is 1. The highest BCUT2D eigenvalue weighted by Crippen LogP contribution is 2.17. The van der Waals surface area contributed by atoms with E-state index in [2.05, 4.69) is 5.32 Å². The minimum Gasteiger partial charge on any atom is -0.497 e. The minimum absolute atomic E-state index is 0.00688. The Morgan fingerprint density at radius 3 is 2.50 bits per heavy atom. The van der Waals surface area contributed by atoms with Crippen LogP contribution >= 0.6 is 11.6 Å². The fraction of sp³-hybridized carbons (Fsp3) is 0.190. The van der Waals surface area contributed by atoms with Gasteiger partial charge in [-0.15, -0.1) is 0 Å². The van der Waals surface area contributed by atoms with Gasteiger partial charge in [-0.25, -0.2) is 0 Å². The monoisotopic (exact) mass is 368 g/mol. The maximum Gasteiger partial charge on any atom is 0.225 e. The first-order chi connectivity index (χ1) is 12.7. The van der Waals surface area contributed by atoms with Crippen molar-refractivity contribution >= 4 is 17.5 Å². The van der Waals surface area contributed by atoms with E-state index >= 15 is 0 Å². The number of amides is 1. The summed E-state index contributed by atoms with van der Waals surface area (Å²) in [4.78, 5) is 12.3. The summed E-state index contributed by atoms with van der Waals surface area (Å²) in [5, 5.41) is 3.70. The smallest absolute Gasteiger partial charge is 0.225 e. The van der Waals surface area contributed by atoms with Crippen LogP contribution in [0.1, 0.15) is 11.3 Å². The van der Waals surface area contributed by atoms with Gasteiger partial charge in [-0.1, -0.05) is 23.7 Å². The second kappa shape index (κ2) is 8.59. The zero-order valence-electron chi connectivity index (χ0n) is 14.6. The molecule has 0 saturated carbocycles. The van der Waals surface area contributed by atoms with Crippen molar-refractivity contribution in [1.82, 2.24) is 9.88 Å². The van der Waals surface area contributed by atoms with Gasteiger partial charge in [-0.05, 0) is 60.5 Å². The molecule has 0 radical (unpaired) electrons. The van der Waals surface area contributed by atoms with Gasteiger partial charge in [-0.2, -0.15) is 0 Å². The molecule has 3 aromatic rings. The summed E-state index contributed by atoms with van der Waals surface area (Å²) in [5.41, 5.74) is 3.09. The minimum atomic E-state index is 0.00688. The van der Waals surface area contributed by atoms with E-state index in [9.17, 15) is 4.79 Å². The molecule has 2 aromatic carbocycles. The number of carbonyl (C=O) groups is 1. The lowest BCUT2D eigenvalue weighted by Gasteiger charge is -2.11. The maximum atomic E-state index is 12.3. The first-order valence-corrected chi connectivity index (χ1v) is 8.85. The average Bonchev–Trinajstić information content (AvgIpc) is 3.11. The number of aromatic nitrogens is 1. The van der Waals surface area contributed by atoms with Crippen molar-refractivity contribution in [2.45, 2.75) is 12.8 Å². The van der Waals surface area contributed by atoms with Crippen LogP contribution in [0.15, 0.2) is 66.9 Å². The first-order valence-electron chi connectivity index (χ1n) is 8.47. The van der Waals surface area contributed by atoms with E-state index in [4.69, 9.17) is 16.3 Å². The zero-order chi connectivity index (χ0) is 18.4. The molecule has 1 aromatic heterocycles. The fourth-order valence-electron chi connectivity index (χ4n) is 2.78. The van der Waals surface area contributed by atoms with Gasteiger partial charge in [0.05, 0.1) is 13.5 Å². The van der Waals surface area contributed by atoms with Gasteiger partial charge in [0, 0.05) is 29.1 Å². The zero-order valence-corrected chi connectivity index (χ0v) is 15.4. The highest BCUT2D eigenvalue weighted by atomic mass is 35.5. The number of hydrogen-bond donors (Lipinski definition) is 1. The van der Waals surface area contributed by atoms with Crippen LogP contribution < -0.4 is 10.1 Å². The second-order valence-electron chi connectivity index (χ2n) is 5.97. The number of ether oxygens (including phenoxy) is 1. The van der Waals surface area contributed by atoms with Gasteiger partial charge in [0.2, 0.25) is 5.91 Å². The lowest BCUT2D eigenvalue weighted by molar-refractivity contribution is -0.120. The predicted octanol–water partition coefficient (Wildman–Crippen LogP) is 4.04. The number of benzene rings is 2. The highest BCUT2D eigenvalue weighted by Gasteiger charge is 2.09. The van der Waals surface area contributed by atoms with Gasteiger partial charge in [0.25, 0.3) is 0 Å². The Kier molecular flexibility index (Phi) is 5.97. The van der Waals surface area contributed by atoms with Crippen molar-refractivity contribution < 1.29 is 9.53 Å². The van der Waals surface area contributed by atoms with Crippen LogP contribution in [0, 0.1) is 0 Å². The molecule has 1 N–H and O–H groups in total. The number of hydrogen-bond acceptors (Lipinski definition) is 2. The summed E-state index contributed by atoms with van der Waals surface area (Å²) < 4.78 is 7.20. The third-order valence-electron chi connectivity index (χ3n) is 4.17. The van der Waals surface area contributed by atoms with E-state index in [1.807, 2.05) is 71.4 Å². The van der Waals surface area contributed by atoms with Gasteiger partial charge in [-0.3, -0.25) is 4.79 Å². The lowest BCUT2D eigenvalue weighted by atomic mass is 10.1. The molecular weight excluding hydrogens is 348 g/mol. The van der Waals surface area contributed by atoms with Gasteiger partial charge in [0.1, 0.15) is 5.75 Å². The Bertz CT molecular complexity index is 854. The molecule has 1 heterocycles. The molecular formula is C21H21ClN2O2. The van der Waals surface area contributed by atoms with Crippen molar-refractivity contribution in [3.05, 3.63) is 83.1 Å². The Morgan fingerprint density at radius 1 is 1.08 bits per heavy atom. The topological polar surface area (TPSA) is 43.3 Å². The van der Waals surface area contributed by atoms with E-state index in [-0.39, 0.29) is 5.91 Å². The maximum absolute atomic E-state index is 12.3. The largest absolute Gasteiger partial charge is 0.497 e. The van der Waals surface area contributed by atoms with Gasteiger partial charge >= 0.3 is 0 Å². The average molecular weight is 369 g/mol. The Morgan fingerprint density at radius 2 is 1.81 bits per heavy atom. The molecule has 134 valence electrons. The lowest BCUT2D eigenvalue weighted by Crippen LogP contribution is -2.27. The molecule has 4 nitrogen and oxygen atoms in total. The predicted molar refractivity (Wildman–Crippen MR) is 104 cm³/mol. The summed E-state index contributed by atoms with van der Waals surface area (Å²) in [6.45, 7) is 0.601. The number of rotatable bonds is 7. The third-order valence-corrected chi connectivity index (χ3v) is 4.43. The molecule has 1 amide bonds. The third kappa shape index (κ3) is 4.67. The summed E-state index contributed by atoms with van der Waals surface area (Å²) >= 11 is 5.88.